The predicted molar refractivity (Wildman–Crippen MR) is 99.8 cm³/mol. The van der Waals surface area contributed by atoms with Crippen molar-refractivity contribution in [2.75, 3.05) is 13.1 Å². The van der Waals surface area contributed by atoms with Crippen molar-refractivity contribution in [3.8, 4) is 6.07 Å². The van der Waals surface area contributed by atoms with Gasteiger partial charge in [-0.2, -0.15) is 9.57 Å². The highest BCUT2D eigenvalue weighted by Crippen LogP contribution is 2.25. The van der Waals surface area contributed by atoms with Gasteiger partial charge >= 0.3 is 0 Å². The Balaban J connectivity index is 1.98. The molecule has 0 atom stereocenters. The molecule has 0 spiro atoms. The number of nitrogens with one attached hydrogen (secondary N) is 1. The molecule has 1 N–H and O–H groups in total. The molecule has 1 aromatic rings. The molecule has 1 heterocycles. The molecule has 2 rings (SSSR count). The largest absolute Gasteiger partial charge is 0.351 e. The summed E-state index contributed by atoms with van der Waals surface area (Å²) >= 11 is 0. The summed E-state index contributed by atoms with van der Waals surface area (Å²) in [6.07, 6.45) is 2.94. The molecule has 1 saturated heterocycles. The Morgan fingerprint density at radius 3 is 2.35 bits per heavy atom. The summed E-state index contributed by atoms with van der Waals surface area (Å²) in [6.45, 7) is 6.77. The Bertz CT molecular complexity index is 771. The predicted octanol–water partition coefficient (Wildman–Crippen LogP) is 2.65. The van der Waals surface area contributed by atoms with Crippen molar-refractivity contribution in [1.82, 2.24) is 9.62 Å². The van der Waals surface area contributed by atoms with E-state index < -0.39 is 10.0 Å². The first-order chi connectivity index (χ1) is 12.2. The van der Waals surface area contributed by atoms with E-state index in [1.54, 1.807) is 0 Å². The summed E-state index contributed by atoms with van der Waals surface area (Å²) in [7, 11) is -3.59. The van der Waals surface area contributed by atoms with Gasteiger partial charge in [0.2, 0.25) is 15.9 Å². The Morgan fingerprint density at radius 2 is 1.85 bits per heavy atom. The van der Waals surface area contributed by atoms with Crippen molar-refractivity contribution < 1.29 is 13.2 Å². The lowest BCUT2D eigenvalue weighted by Gasteiger charge is -2.33. The van der Waals surface area contributed by atoms with Crippen molar-refractivity contribution in [2.24, 2.45) is 5.92 Å². The Hall–Kier alpha value is -1.91. The lowest BCUT2D eigenvalue weighted by molar-refractivity contribution is -0.127. The van der Waals surface area contributed by atoms with E-state index >= 15 is 0 Å². The molecular weight excluding hydrogens is 350 g/mol. The van der Waals surface area contributed by atoms with Crippen LogP contribution in [-0.2, 0) is 14.8 Å². The van der Waals surface area contributed by atoms with Gasteiger partial charge in [0.15, 0.2) is 0 Å². The van der Waals surface area contributed by atoms with Crippen LogP contribution in [0.4, 0.5) is 0 Å². The minimum Gasteiger partial charge on any atom is -0.351 e. The van der Waals surface area contributed by atoms with E-state index in [-0.39, 0.29) is 22.3 Å². The first-order valence-corrected chi connectivity index (χ1v) is 10.5. The molecule has 1 aliphatic rings. The summed E-state index contributed by atoms with van der Waals surface area (Å²) in [6, 6.07) is 7.90. The zero-order valence-corrected chi connectivity index (χ0v) is 16.5. The number of rotatable bonds is 6. The van der Waals surface area contributed by atoms with Crippen molar-refractivity contribution in [1.29, 1.82) is 5.26 Å². The van der Waals surface area contributed by atoms with E-state index in [9.17, 15) is 13.2 Å². The lowest BCUT2D eigenvalue weighted by Crippen LogP contribution is -2.49. The highest BCUT2D eigenvalue weighted by molar-refractivity contribution is 7.89. The van der Waals surface area contributed by atoms with Gasteiger partial charge in [0.25, 0.3) is 0 Å². The molecule has 26 heavy (non-hydrogen) atoms. The van der Waals surface area contributed by atoms with Gasteiger partial charge in [0.05, 0.1) is 16.5 Å². The van der Waals surface area contributed by atoms with Gasteiger partial charge in [-0.3, -0.25) is 4.79 Å². The third-order valence-corrected chi connectivity index (χ3v) is 6.70. The molecule has 6 nitrogen and oxygen atoms in total. The molecule has 7 heteroatoms. The summed E-state index contributed by atoms with van der Waals surface area (Å²) in [5.74, 6) is -0.141. The van der Waals surface area contributed by atoms with E-state index in [2.05, 4.69) is 12.2 Å². The Labute approximate surface area is 156 Å². The molecule has 0 bridgehead atoms. The number of benzene rings is 1. The van der Waals surface area contributed by atoms with Crippen molar-refractivity contribution in [2.45, 2.75) is 56.9 Å². The maximum absolute atomic E-state index is 12.7. The third kappa shape index (κ3) is 4.83. The third-order valence-electron chi connectivity index (χ3n) is 4.78. The number of amides is 1. The van der Waals surface area contributed by atoms with Gasteiger partial charge in [-0.15, -0.1) is 0 Å². The first kappa shape index (κ1) is 20.4. The zero-order chi connectivity index (χ0) is 19.4. The average Bonchev–Trinajstić information content (AvgIpc) is 2.61. The van der Waals surface area contributed by atoms with Crippen LogP contribution in [-0.4, -0.2) is 37.3 Å². The van der Waals surface area contributed by atoms with Crippen LogP contribution in [0.1, 0.15) is 52.0 Å². The van der Waals surface area contributed by atoms with Gasteiger partial charge < -0.3 is 5.32 Å². The standard InChI is InChI=1S/C19H27N3O3S/c1-4-11-19(2,3)21-18(23)16-9-12-22(13-10-16)26(24,25)17-7-5-15(14-20)6-8-17/h5-8,16H,4,9-13H2,1-3H3,(H,21,23). The SMILES string of the molecule is CCCC(C)(C)NC(=O)C1CCN(S(=O)(=O)c2ccc(C#N)cc2)CC1. The highest BCUT2D eigenvalue weighted by atomic mass is 32.2. The zero-order valence-electron chi connectivity index (χ0n) is 15.7. The minimum atomic E-state index is -3.59. The van der Waals surface area contributed by atoms with Gasteiger partial charge in [0, 0.05) is 24.5 Å². The number of sulfonamides is 1. The maximum Gasteiger partial charge on any atom is 0.243 e. The fourth-order valence-electron chi connectivity index (χ4n) is 3.33. The van der Waals surface area contributed by atoms with Crippen LogP contribution in [0.5, 0.6) is 0 Å². The molecule has 0 aromatic heterocycles. The topological polar surface area (TPSA) is 90.3 Å². The smallest absolute Gasteiger partial charge is 0.243 e. The Morgan fingerprint density at radius 1 is 1.27 bits per heavy atom. The summed E-state index contributed by atoms with van der Waals surface area (Å²) < 4.78 is 26.9. The van der Waals surface area contributed by atoms with Crippen LogP contribution < -0.4 is 5.32 Å². The van der Waals surface area contributed by atoms with E-state index in [1.807, 2.05) is 19.9 Å². The molecule has 0 radical (unpaired) electrons. The van der Waals surface area contributed by atoms with Crippen LogP contribution in [0, 0.1) is 17.2 Å². The van der Waals surface area contributed by atoms with E-state index in [4.69, 9.17) is 5.26 Å². The van der Waals surface area contributed by atoms with Gasteiger partial charge in [0.1, 0.15) is 0 Å². The number of nitrogens with zero attached hydrogens (tertiary/aromatic N) is 2. The second-order valence-electron chi connectivity index (χ2n) is 7.44. The maximum atomic E-state index is 12.7. The minimum absolute atomic E-state index is 0.0128. The molecule has 0 saturated carbocycles. The van der Waals surface area contributed by atoms with Crippen LogP contribution in [0.2, 0.25) is 0 Å². The lowest BCUT2D eigenvalue weighted by atomic mass is 9.93. The molecule has 1 aromatic carbocycles. The monoisotopic (exact) mass is 377 g/mol. The fraction of sp³-hybridized carbons (Fsp3) is 0.579. The van der Waals surface area contributed by atoms with Gasteiger partial charge in [-0.05, 0) is 57.4 Å². The number of nitriles is 1. The van der Waals surface area contributed by atoms with E-state index in [1.165, 1.54) is 28.6 Å². The normalized spacial score (nSPS) is 16.8. The van der Waals surface area contributed by atoms with Gasteiger partial charge in [-0.25, -0.2) is 8.42 Å². The van der Waals surface area contributed by atoms with Crippen LogP contribution >= 0.6 is 0 Å². The quantitative estimate of drug-likeness (QED) is 0.825. The first-order valence-electron chi connectivity index (χ1n) is 9.02. The van der Waals surface area contributed by atoms with E-state index in [0.29, 0.717) is 31.5 Å². The Kier molecular flexibility index (Phi) is 6.43. The molecule has 1 fully saturated rings. The fourth-order valence-corrected chi connectivity index (χ4v) is 4.80. The number of carbonyl (C=O) groups excluding carboxylic acids is 1. The summed E-state index contributed by atoms with van der Waals surface area (Å²) in [5, 5.41) is 11.9. The van der Waals surface area contributed by atoms with Crippen LogP contribution in [0.3, 0.4) is 0 Å². The number of carbonyl (C=O) groups is 1. The number of hydrogen-bond acceptors (Lipinski definition) is 4. The van der Waals surface area contributed by atoms with Crippen LogP contribution in [0.15, 0.2) is 29.2 Å². The number of hydrogen-bond donors (Lipinski definition) is 1. The van der Waals surface area contributed by atoms with Crippen molar-refractivity contribution in [3.63, 3.8) is 0 Å². The van der Waals surface area contributed by atoms with Crippen molar-refractivity contribution >= 4 is 15.9 Å². The summed E-state index contributed by atoms with van der Waals surface area (Å²) in [5.41, 5.74) is 0.186. The second-order valence-corrected chi connectivity index (χ2v) is 9.38. The van der Waals surface area contributed by atoms with E-state index in [0.717, 1.165) is 12.8 Å². The number of piperidine rings is 1. The van der Waals surface area contributed by atoms with Gasteiger partial charge in [-0.1, -0.05) is 13.3 Å². The second kappa shape index (κ2) is 8.19. The molecule has 142 valence electrons. The average molecular weight is 378 g/mol. The molecule has 0 unspecified atom stereocenters. The molecule has 0 aliphatic carbocycles. The molecule has 1 amide bonds. The molecule has 1 aliphatic heterocycles. The van der Waals surface area contributed by atoms with Crippen LogP contribution in [0.25, 0.3) is 0 Å². The molecular formula is C19H27N3O3S. The highest BCUT2D eigenvalue weighted by Gasteiger charge is 2.33. The van der Waals surface area contributed by atoms with Crippen molar-refractivity contribution in [3.05, 3.63) is 29.8 Å². The summed E-state index contributed by atoms with van der Waals surface area (Å²) in [4.78, 5) is 12.7.